The SMILES string of the molecule is C[C@@H]1CCCC(NC(=O)c2ccccn2)C1. The highest BCUT2D eigenvalue weighted by Crippen LogP contribution is 2.23. The molecule has 1 fully saturated rings. The zero-order valence-corrected chi connectivity index (χ0v) is 9.65. The first-order valence-electron chi connectivity index (χ1n) is 5.97. The van der Waals surface area contributed by atoms with E-state index in [2.05, 4.69) is 17.2 Å². The number of nitrogens with zero attached hydrogens (tertiary/aromatic N) is 1. The standard InChI is InChI=1S/C13H18N2O/c1-10-5-4-6-11(9-10)15-13(16)12-7-2-3-8-14-12/h2-3,7-8,10-11H,4-6,9H2,1H3,(H,15,16)/t10-,11?/m1/s1. The molecule has 0 bridgehead atoms. The fraction of sp³-hybridized carbons (Fsp3) is 0.538. The summed E-state index contributed by atoms with van der Waals surface area (Å²) in [6.45, 7) is 2.25. The third-order valence-electron chi connectivity index (χ3n) is 3.17. The molecule has 2 rings (SSSR count). The van der Waals surface area contributed by atoms with Gasteiger partial charge in [-0.1, -0.05) is 25.8 Å². The van der Waals surface area contributed by atoms with Gasteiger partial charge in [-0.3, -0.25) is 9.78 Å². The van der Waals surface area contributed by atoms with Crippen molar-refractivity contribution in [1.29, 1.82) is 0 Å². The van der Waals surface area contributed by atoms with Crippen LogP contribution in [0, 0.1) is 5.92 Å². The minimum absolute atomic E-state index is 0.0419. The van der Waals surface area contributed by atoms with E-state index in [-0.39, 0.29) is 5.91 Å². The van der Waals surface area contributed by atoms with Crippen molar-refractivity contribution in [3.05, 3.63) is 30.1 Å². The van der Waals surface area contributed by atoms with E-state index < -0.39 is 0 Å². The Balaban J connectivity index is 1.92. The van der Waals surface area contributed by atoms with Crippen LogP contribution in [0.15, 0.2) is 24.4 Å². The summed E-state index contributed by atoms with van der Waals surface area (Å²) in [6, 6.07) is 5.74. The average Bonchev–Trinajstić information content (AvgIpc) is 2.30. The van der Waals surface area contributed by atoms with Crippen LogP contribution in [0.5, 0.6) is 0 Å². The van der Waals surface area contributed by atoms with Gasteiger partial charge in [0, 0.05) is 12.2 Å². The number of amides is 1. The Hall–Kier alpha value is -1.38. The Kier molecular flexibility index (Phi) is 3.54. The molecule has 1 amide bonds. The molecular formula is C13H18N2O. The lowest BCUT2D eigenvalue weighted by Crippen LogP contribution is -2.38. The van der Waals surface area contributed by atoms with Gasteiger partial charge in [-0.25, -0.2) is 0 Å². The third kappa shape index (κ3) is 2.81. The number of aromatic nitrogens is 1. The van der Waals surface area contributed by atoms with Crippen LogP contribution >= 0.6 is 0 Å². The first-order valence-corrected chi connectivity index (χ1v) is 5.97. The molecule has 1 aliphatic rings. The number of carbonyl (C=O) groups excluding carboxylic acids is 1. The van der Waals surface area contributed by atoms with E-state index in [9.17, 15) is 4.79 Å². The van der Waals surface area contributed by atoms with Crippen molar-refractivity contribution in [3.8, 4) is 0 Å². The molecule has 1 N–H and O–H groups in total. The van der Waals surface area contributed by atoms with E-state index in [1.165, 1.54) is 12.8 Å². The number of rotatable bonds is 2. The van der Waals surface area contributed by atoms with Crippen LogP contribution in [0.3, 0.4) is 0 Å². The van der Waals surface area contributed by atoms with E-state index in [0.717, 1.165) is 18.8 Å². The van der Waals surface area contributed by atoms with Crippen LogP contribution in [0.2, 0.25) is 0 Å². The summed E-state index contributed by atoms with van der Waals surface area (Å²) in [5, 5.41) is 3.06. The van der Waals surface area contributed by atoms with Crippen molar-refractivity contribution in [3.63, 3.8) is 0 Å². The van der Waals surface area contributed by atoms with Crippen LogP contribution in [0.4, 0.5) is 0 Å². The lowest BCUT2D eigenvalue weighted by molar-refractivity contribution is 0.0916. The lowest BCUT2D eigenvalue weighted by atomic mass is 9.87. The fourth-order valence-corrected chi connectivity index (χ4v) is 2.32. The average molecular weight is 218 g/mol. The summed E-state index contributed by atoms with van der Waals surface area (Å²) in [5.41, 5.74) is 0.515. The van der Waals surface area contributed by atoms with Gasteiger partial charge in [-0.05, 0) is 30.9 Å². The number of pyridine rings is 1. The van der Waals surface area contributed by atoms with Crippen molar-refractivity contribution in [2.75, 3.05) is 0 Å². The first-order chi connectivity index (χ1) is 7.75. The van der Waals surface area contributed by atoms with E-state index in [4.69, 9.17) is 0 Å². The van der Waals surface area contributed by atoms with E-state index >= 15 is 0 Å². The fourth-order valence-electron chi connectivity index (χ4n) is 2.32. The molecule has 1 saturated carbocycles. The van der Waals surface area contributed by atoms with Crippen LogP contribution < -0.4 is 5.32 Å². The number of nitrogens with one attached hydrogen (secondary N) is 1. The number of hydrogen-bond donors (Lipinski definition) is 1. The summed E-state index contributed by atoms with van der Waals surface area (Å²) in [4.78, 5) is 15.9. The van der Waals surface area contributed by atoms with Crippen LogP contribution in [-0.2, 0) is 0 Å². The molecule has 1 aliphatic carbocycles. The van der Waals surface area contributed by atoms with E-state index in [1.54, 1.807) is 12.3 Å². The zero-order valence-electron chi connectivity index (χ0n) is 9.65. The van der Waals surface area contributed by atoms with Gasteiger partial charge in [0.1, 0.15) is 5.69 Å². The first kappa shape index (κ1) is 11.1. The maximum absolute atomic E-state index is 11.8. The summed E-state index contributed by atoms with van der Waals surface area (Å²) >= 11 is 0. The van der Waals surface area contributed by atoms with Gasteiger partial charge in [0.15, 0.2) is 0 Å². The highest BCUT2D eigenvalue weighted by molar-refractivity contribution is 5.92. The quantitative estimate of drug-likeness (QED) is 0.828. The predicted molar refractivity (Wildman–Crippen MR) is 63.1 cm³/mol. The highest BCUT2D eigenvalue weighted by Gasteiger charge is 2.20. The molecule has 0 aliphatic heterocycles. The van der Waals surface area contributed by atoms with Crippen LogP contribution in [-0.4, -0.2) is 16.9 Å². The second kappa shape index (κ2) is 5.10. The van der Waals surface area contributed by atoms with Gasteiger partial charge in [0.05, 0.1) is 0 Å². The Labute approximate surface area is 96.3 Å². The predicted octanol–water partition coefficient (Wildman–Crippen LogP) is 2.39. The molecule has 0 saturated heterocycles. The molecule has 0 spiro atoms. The minimum atomic E-state index is -0.0419. The largest absolute Gasteiger partial charge is 0.348 e. The van der Waals surface area contributed by atoms with Crippen molar-refractivity contribution in [1.82, 2.24) is 10.3 Å². The van der Waals surface area contributed by atoms with E-state index in [0.29, 0.717) is 11.7 Å². The summed E-state index contributed by atoms with van der Waals surface area (Å²) < 4.78 is 0. The molecule has 1 aromatic heterocycles. The Morgan fingerprint density at radius 2 is 2.31 bits per heavy atom. The molecule has 3 nitrogen and oxygen atoms in total. The second-order valence-electron chi connectivity index (χ2n) is 4.66. The minimum Gasteiger partial charge on any atom is -0.348 e. The molecule has 0 radical (unpaired) electrons. The summed E-state index contributed by atoms with van der Waals surface area (Å²) in [5.74, 6) is 0.683. The molecular weight excluding hydrogens is 200 g/mol. The maximum Gasteiger partial charge on any atom is 0.270 e. The second-order valence-corrected chi connectivity index (χ2v) is 4.66. The molecule has 3 heteroatoms. The Bertz CT molecular complexity index is 350. The smallest absolute Gasteiger partial charge is 0.270 e. The number of carbonyl (C=O) groups is 1. The van der Waals surface area contributed by atoms with Crippen molar-refractivity contribution in [2.45, 2.75) is 38.6 Å². The van der Waals surface area contributed by atoms with Gasteiger partial charge in [0.25, 0.3) is 5.91 Å². The van der Waals surface area contributed by atoms with Crippen molar-refractivity contribution >= 4 is 5.91 Å². The normalized spacial score (nSPS) is 25.1. The summed E-state index contributed by atoms with van der Waals surface area (Å²) in [7, 11) is 0. The molecule has 1 aromatic rings. The van der Waals surface area contributed by atoms with Gasteiger partial charge in [-0.15, -0.1) is 0 Å². The van der Waals surface area contributed by atoms with Gasteiger partial charge < -0.3 is 5.32 Å². The third-order valence-corrected chi connectivity index (χ3v) is 3.17. The Morgan fingerprint density at radius 1 is 1.44 bits per heavy atom. The maximum atomic E-state index is 11.8. The van der Waals surface area contributed by atoms with Crippen LogP contribution in [0.1, 0.15) is 43.1 Å². The van der Waals surface area contributed by atoms with Gasteiger partial charge in [0.2, 0.25) is 0 Å². The molecule has 0 aromatic carbocycles. The van der Waals surface area contributed by atoms with Crippen molar-refractivity contribution in [2.24, 2.45) is 5.92 Å². The Morgan fingerprint density at radius 3 is 3.00 bits per heavy atom. The van der Waals surface area contributed by atoms with Gasteiger partial charge in [-0.2, -0.15) is 0 Å². The molecule has 1 heterocycles. The van der Waals surface area contributed by atoms with E-state index in [1.807, 2.05) is 12.1 Å². The lowest BCUT2D eigenvalue weighted by Gasteiger charge is -2.27. The van der Waals surface area contributed by atoms with Gasteiger partial charge >= 0.3 is 0 Å². The highest BCUT2D eigenvalue weighted by atomic mass is 16.1. The number of hydrogen-bond acceptors (Lipinski definition) is 2. The monoisotopic (exact) mass is 218 g/mol. The zero-order chi connectivity index (χ0) is 11.4. The topological polar surface area (TPSA) is 42.0 Å². The molecule has 86 valence electrons. The summed E-state index contributed by atoms with van der Waals surface area (Å²) in [6.07, 6.45) is 6.35. The molecule has 1 unspecified atom stereocenters. The molecule has 2 atom stereocenters. The van der Waals surface area contributed by atoms with Crippen molar-refractivity contribution < 1.29 is 4.79 Å². The molecule has 16 heavy (non-hydrogen) atoms. The van der Waals surface area contributed by atoms with Crippen LogP contribution in [0.25, 0.3) is 0 Å².